The maximum absolute atomic E-state index is 11.8. The minimum atomic E-state index is -1.03. The molecule has 2 rings (SSSR count). The van der Waals surface area contributed by atoms with Crippen molar-refractivity contribution in [2.75, 3.05) is 0 Å². The first-order chi connectivity index (χ1) is 7.39. The van der Waals surface area contributed by atoms with Crippen LogP contribution in [-0.4, -0.2) is 22.5 Å². The number of Topliss-reactive ketones (excluding diaryl/α,β-unsaturated/α-hetero) is 1. The van der Waals surface area contributed by atoms with E-state index in [9.17, 15) is 9.59 Å². The van der Waals surface area contributed by atoms with Gasteiger partial charge in [-0.05, 0) is 32.0 Å². The summed E-state index contributed by atoms with van der Waals surface area (Å²) in [5.74, 6) is -0.674. The number of fused-ring (bicyclic) bond motifs is 1. The van der Waals surface area contributed by atoms with Gasteiger partial charge in [-0.2, -0.15) is 0 Å². The van der Waals surface area contributed by atoms with Crippen molar-refractivity contribution in [2.45, 2.75) is 25.9 Å². The molecule has 0 saturated carbocycles. The number of hydrogen-bond acceptors (Lipinski definition) is 3. The summed E-state index contributed by atoms with van der Waals surface area (Å²) in [6, 6.07) is 4.33. The number of carboxylic acid groups (broad SMARTS) is 1. The topological polar surface area (TPSA) is 63.6 Å². The van der Waals surface area contributed by atoms with Crippen molar-refractivity contribution in [2.24, 2.45) is 0 Å². The first-order valence-electron chi connectivity index (χ1n) is 4.99. The Balaban J connectivity index is 2.50. The summed E-state index contributed by atoms with van der Waals surface area (Å²) >= 11 is 0. The number of carboxylic acids is 1. The summed E-state index contributed by atoms with van der Waals surface area (Å²) in [7, 11) is 0. The highest BCUT2D eigenvalue weighted by molar-refractivity contribution is 6.01. The Labute approximate surface area is 92.8 Å². The molecule has 1 N–H and O–H groups in total. The standard InChI is InChI=1S/C12H12O4/c1-12(2)6-9(13)8-4-3-7(11(14)15)5-10(8)16-12/h3-5H,6H2,1-2H3,(H,14,15). The molecule has 0 bridgehead atoms. The van der Waals surface area contributed by atoms with Gasteiger partial charge in [-0.3, -0.25) is 4.79 Å². The van der Waals surface area contributed by atoms with Gasteiger partial charge in [0.15, 0.2) is 5.78 Å². The summed E-state index contributed by atoms with van der Waals surface area (Å²) in [5, 5.41) is 8.84. The third-order valence-corrected chi connectivity index (χ3v) is 2.50. The normalized spacial score (nSPS) is 17.5. The van der Waals surface area contributed by atoms with E-state index in [0.717, 1.165) is 0 Å². The molecule has 0 aromatic heterocycles. The summed E-state index contributed by atoms with van der Waals surface area (Å²) in [6.07, 6.45) is 0.312. The highest BCUT2D eigenvalue weighted by Gasteiger charge is 2.32. The van der Waals surface area contributed by atoms with Crippen LogP contribution in [0.15, 0.2) is 18.2 Å². The molecule has 0 spiro atoms. The quantitative estimate of drug-likeness (QED) is 0.787. The molecule has 1 heterocycles. The molecule has 1 aliphatic heterocycles. The number of rotatable bonds is 1. The molecule has 16 heavy (non-hydrogen) atoms. The number of hydrogen-bond donors (Lipinski definition) is 1. The van der Waals surface area contributed by atoms with Gasteiger partial charge >= 0.3 is 5.97 Å². The largest absolute Gasteiger partial charge is 0.487 e. The van der Waals surface area contributed by atoms with Gasteiger partial charge in [-0.25, -0.2) is 4.79 Å². The predicted molar refractivity (Wildman–Crippen MR) is 57.1 cm³/mol. The van der Waals surface area contributed by atoms with Gasteiger partial charge in [0.25, 0.3) is 0 Å². The van der Waals surface area contributed by atoms with E-state index in [1.54, 1.807) is 13.8 Å². The first-order valence-corrected chi connectivity index (χ1v) is 4.99. The Bertz CT molecular complexity index is 474. The van der Waals surface area contributed by atoms with E-state index in [2.05, 4.69) is 0 Å². The number of aromatic carboxylic acids is 1. The lowest BCUT2D eigenvalue weighted by Crippen LogP contribution is -2.35. The lowest BCUT2D eigenvalue weighted by Gasteiger charge is -2.31. The fourth-order valence-electron chi connectivity index (χ4n) is 1.79. The molecule has 1 aromatic rings. The maximum Gasteiger partial charge on any atom is 0.335 e. The smallest absolute Gasteiger partial charge is 0.335 e. The number of benzene rings is 1. The third kappa shape index (κ3) is 1.78. The van der Waals surface area contributed by atoms with E-state index in [4.69, 9.17) is 9.84 Å². The van der Waals surface area contributed by atoms with Crippen LogP contribution in [-0.2, 0) is 0 Å². The molecule has 84 valence electrons. The zero-order chi connectivity index (χ0) is 11.9. The lowest BCUT2D eigenvalue weighted by atomic mass is 9.92. The van der Waals surface area contributed by atoms with Gasteiger partial charge in [0.1, 0.15) is 11.4 Å². The highest BCUT2D eigenvalue weighted by atomic mass is 16.5. The Kier molecular flexibility index (Phi) is 2.22. The molecular formula is C12H12O4. The Morgan fingerprint density at radius 3 is 2.75 bits per heavy atom. The number of carbonyl (C=O) groups excluding carboxylic acids is 1. The zero-order valence-corrected chi connectivity index (χ0v) is 9.11. The zero-order valence-electron chi connectivity index (χ0n) is 9.11. The van der Waals surface area contributed by atoms with Gasteiger partial charge in [-0.1, -0.05) is 0 Å². The molecule has 0 radical (unpaired) electrons. The van der Waals surface area contributed by atoms with Crippen LogP contribution in [0, 0.1) is 0 Å². The van der Waals surface area contributed by atoms with Crippen LogP contribution in [0.25, 0.3) is 0 Å². The summed E-state index contributed by atoms with van der Waals surface area (Å²) < 4.78 is 5.60. The average molecular weight is 220 g/mol. The van der Waals surface area contributed by atoms with Crippen LogP contribution in [0.1, 0.15) is 41.0 Å². The Morgan fingerprint density at radius 1 is 1.44 bits per heavy atom. The van der Waals surface area contributed by atoms with Crippen LogP contribution in [0.2, 0.25) is 0 Å². The lowest BCUT2D eigenvalue weighted by molar-refractivity contribution is 0.0607. The molecule has 0 aliphatic carbocycles. The molecular weight excluding hydrogens is 208 g/mol. The van der Waals surface area contributed by atoms with Crippen LogP contribution in [0.4, 0.5) is 0 Å². The Hall–Kier alpha value is -1.84. The van der Waals surface area contributed by atoms with E-state index in [1.807, 2.05) is 0 Å². The van der Waals surface area contributed by atoms with Crippen molar-refractivity contribution >= 4 is 11.8 Å². The number of carbonyl (C=O) groups is 2. The van der Waals surface area contributed by atoms with Crippen LogP contribution >= 0.6 is 0 Å². The molecule has 4 nitrogen and oxygen atoms in total. The van der Waals surface area contributed by atoms with E-state index >= 15 is 0 Å². The summed E-state index contributed by atoms with van der Waals surface area (Å²) in [5.41, 5.74) is 0.0230. The minimum Gasteiger partial charge on any atom is -0.487 e. The van der Waals surface area contributed by atoms with Crippen molar-refractivity contribution in [3.63, 3.8) is 0 Å². The van der Waals surface area contributed by atoms with Crippen LogP contribution in [0.5, 0.6) is 5.75 Å². The molecule has 0 saturated heterocycles. The molecule has 0 fully saturated rings. The molecule has 0 atom stereocenters. The second-order valence-electron chi connectivity index (χ2n) is 4.48. The van der Waals surface area contributed by atoms with E-state index in [-0.39, 0.29) is 11.3 Å². The summed E-state index contributed by atoms with van der Waals surface area (Å²) in [4.78, 5) is 22.5. The predicted octanol–water partition coefficient (Wildman–Crippen LogP) is 2.13. The van der Waals surface area contributed by atoms with E-state index in [0.29, 0.717) is 17.7 Å². The van der Waals surface area contributed by atoms with Crippen molar-refractivity contribution in [1.82, 2.24) is 0 Å². The van der Waals surface area contributed by atoms with Crippen molar-refractivity contribution in [3.8, 4) is 5.75 Å². The first kappa shape index (κ1) is 10.7. The van der Waals surface area contributed by atoms with Crippen molar-refractivity contribution < 1.29 is 19.4 Å². The second kappa shape index (κ2) is 3.33. The Morgan fingerprint density at radius 2 is 2.12 bits per heavy atom. The molecule has 1 aliphatic rings. The van der Waals surface area contributed by atoms with Crippen LogP contribution < -0.4 is 4.74 Å². The van der Waals surface area contributed by atoms with E-state index in [1.165, 1.54) is 18.2 Å². The van der Waals surface area contributed by atoms with Gasteiger partial charge in [0.05, 0.1) is 17.5 Å². The monoisotopic (exact) mass is 220 g/mol. The minimum absolute atomic E-state index is 0.0109. The highest BCUT2D eigenvalue weighted by Crippen LogP contribution is 2.33. The fraction of sp³-hybridized carbons (Fsp3) is 0.333. The number of ketones is 1. The van der Waals surface area contributed by atoms with Crippen LogP contribution in [0.3, 0.4) is 0 Å². The van der Waals surface area contributed by atoms with Gasteiger partial charge < -0.3 is 9.84 Å². The summed E-state index contributed by atoms with van der Waals surface area (Å²) in [6.45, 7) is 3.61. The van der Waals surface area contributed by atoms with Crippen molar-refractivity contribution in [3.05, 3.63) is 29.3 Å². The maximum atomic E-state index is 11.8. The van der Waals surface area contributed by atoms with Gasteiger partial charge in [-0.15, -0.1) is 0 Å². The molecule has 0 unspecified atom stereocenters. The molecule has 1 aromatic carbocycles. The van der Waals surface area contributed by atoms with Gasteiger partial charge in [0, 0.05) is 0 Å². The molecule has 4 heteroatoms. The number of ether oxygens (including phenoxy) is 1. The SMILES string of the molecule is CC1(C)CC(=O)c2ccc(C(=O)O)cc2O1. The second-order valence-corrected chi connectivity index (χ2v) is 4.48. The third-order valence-electron chi connectivity index (χ3n) is 2.50. The fourth-order valence-corrected chi connectivity index (χ4v) is 1.79. The molecule has 0 amide bonds. The average Bonchev–Trinajstić information content (AvgIpc) is 2.14. The van der Waals surface area contributed by atoms with Crippen molar-refractivity contribution in [1.29, 1.82) is 0 Å². The van der Waals surface area contributed by atoms with E-state index < -0.39 is 11.6 Å². The van der Waals surface area contributed by atoms with Gasteiger partial charge in [0.2, 0.25) is 0 Å².